The number of anilines is 1. The molecule has 1 aromatic rings. The summed E-state index contributed by atoms with van der Waals surface area (Å²) in [6.45, 7) is 3.71. The molecule has 15 heavy (non-hydrogen) atoms. The molecule has 0 aliphatic carbocycles. The molecule has 0 spiro atoms. The monoisotopic (exact) mass is 206 g/mol. The third-order valence-electron chi connectivity index (χ3n) is 2.98. The Bertz CT molecular complexity index is 309. The van der Waals surface area contributed by atoms with Gasteiger partial charge in [0.25, 0.3) is 0 Å². The van der Waals surface area contributed by atoms with Crippen LogP contribution in [0.25, 0.3) is 0 Å². The van der Waals surface area contributed by atoms with Gasteiger partial charge in [0.2, 0.25) is 0 Å². The fourth-order valence-electron chi connectivity index (χ4n) is 2.09. The highest BCUT2D eigenvalue weighted by Gasteiger charge is 2.22. The minimum Gasteiger partial charge on any atom is -0.351 e. The molecule has 2 N–H and O–H groups in total. The van der Waals surface area contributed by atoms with Gasteiger partial charge in [-0.15, -0.1) is 5.10 Å². The molecule has 1 unspecified atom stereocenters. The lowest BCUT2D eigenvalue weighted by atomic mass is 10.0. The molecule has 1 aromatic heterocycles. The molecule has 1 aliphatic rings. The minimum atomic E-state index is 0.441. The van der Waals surface area contributed by atoms with E-state index in [1.807, 2.05) is 19.1 Å². The van der Waals surface area contributed by atoms with Gasteiger partial charge >= 0.3 is 0 Å². The van der Waals surface area contributed by atoms with Crippen molar-refractivity contribution in [1.82, 2.24) is 10.2 Å². The highest BCUT2D eigenvalue weighted by Crippen LogP contribution is 2.21. The quantitative estimate of drug-likeness (QED) is 0.787. The molecule has 1 atom stereocenters. The van der Waals surface area contributed by atoms with E-state index >= 15 is 0 Å². The lowest BCUT2D eigenvalue weighted by Crippen LogP contribution is -2.44. The SMILES string of the molecule is Cc1ccc(N2CCCCC2CN)nn1. The number of rotatable bonds is 2. The molecule has 0 amide bonds. The zero-order valence-corrected chi connectivity index (χ0v) is 9.19. The van der Waals surface area contributed by atoms with E-state index < -0.39 is 0 Å². The zero-order chi connectivity index (χ0) is 10.7. The van der Waals surface area contributed by atoms with E-state index in [-0.39, 0.29) is 0 Å². The number of nitrogens with zero attached hydrogens (tertiary/aromatic N) is 3. The average Bonchev–Trinajstić information content (AvgIpc) is 2.30. The molecule has 1 saturated heterocycles. The Labute approximate surface area is 90.5 Å². The van der Waals surface area contributed by atoms with Crippen molar-refractivity contribution in [3.05, 3.63) is 17.8 Å². The van der Waals surface area contributed by atoms with Crippen LogP contribution in [-0.2, 0) is 0 Å². The molecular weight excluding hydrogens is 188 g/mol. The predicted octanol–water partition coefficient (Wildman–Crippen LogP) is 1.10. The van der Waals surface area contributed by atoms with Crippen LogP contribution >= 0.6 is 0 Å². The number of aromatic nitrogens is 2. The molecule has 2 heterocycles. The van der Waals surface area contributed by atoms with Crippen molar-refractivity contribution in [2.75, 3.05) is 18.0 Å². The Morgan fingerprint density at radius 1 is 1.40 bits per heavy atom. The second-order valence-corrected chi connectivity index (χ2v) is 4.11. The van der Waals surface area contributed by atoms with Crippen molar-refractivity contribution < 1.29 is 0 Å². The highest BCUT2D eigenvalue weighted by atomic mass is 15.3. The number of hydrogen-bond donors (Lipinski definition) is 1. The molecule has 0 aromatic carbocycles. The van der Waals surface area contributed by atoms with Crippen LogP contribution in [0.3, 0.4) is 0 Å². The van der Waals surface area contributed by atoms with Crippen LogP contribution in [0.5, 0.6) is 0 Å². The van der Waals surface area contributed by atoms with Crippen LogP contribution in [0, 0.1) is 6.92 Å². The first-order valence-electron chi connectivity index (χ1n) is 5.58. The first kappa shape index (κ1) is 10.4. The second-order valence-electron chi connectivity index (χ2n) is 4.11. The summed E-state index contributed by atoms with van der Waals surface area (Å²) in [6.07, 6.45) is 3.68. The number of nitrogens with two attached hydrogens (primary N) is 1. The lowest BCUT2D eigenvalue weighted by molar-refractivity contribution is 0.460. The fraction of sp³-hybridized carbons (Fsp3) is 0.636. The summed E-state index contributed by atoms with van der Waals surface area (Å²) in [5.74, 6) is 0.968. The molecule has 0 saturated carbocycles. The fourth-order valence-corrected chi connectivity index (χ4v) is 2.09. The van der Waals surface area contributed by atoms with Crippen LogP contribution < -0.4 is 10.6 Å². The van der Waals surface area contributed by atoms with Gasteiger partial charge in [-0.2, -0.15) is 5.10 Å². The van der Waals surface area contributed by atoms with Crippen molar-refractivity contribution in [2.45, 2.75) is 32.2 Å². The van der Waals surface area contributed by atoms with E-state index in [0.717, 1.165) is 18.1 Å². The largest absolute Gasteiger partial charge is 0.351 e. The van der Waals surface area contributed by atoms with Gasteiger partial charge < -0.3 is 10.6 Å². The Balaban J connectivity index is 2.16. The maximum atomic E-state index is 5.77. The Morgan fingerprint density at radius 3 is 2.93 bits per heavy atom. The molecule has 2 rings (SSSR count). The topological polar surface area (TPSA) is 55.0 Å². The summed E-state index contributed by atoms with van der Waals surface area (Å²) in [5.41, 5.74) is 6.73. The van der Waals surface area contributed by atoms with Crippen LogP contribution in [-0.4, -0.2) is 29.3 Å². The van der Waals surface area contributed by atoms with E-state index in [0.29, 0.717) is 12.6 Å². The maximum absolute atomic E-state index is 5.77. The van der Waals surface area contributed by atoms with Crippen molar-refractivity contribution in [3.63, 3.8) is 0 Å². The molecule has 82 valence electrons. The van der Waals surface area contributed by atoms with Gasteiger partial charge in [-0.1, -0.05) is 0 Å². The van der Waals surface area contributed by atoms with E-state index in [1.165, 1.54) is 19.3 Å². The van der Waals surface area contributed by atoms with Gasteiger partial charge in [0.1, 0.15) is 0 Å². The van der Waals surface area contributed by atoms with Crippen LogP contribution in [0.15, 0.2) is 12.1 Å². The normalized spacial score (nSPS) is 21.7. The van der Waals surface area contributed by atoms with Crippen molar-refractivity contribution in [2.24, 2.45) is 5.73 Å². The lowest BCUT2D eigenvalue weighted by Gasteiger charge is -2.35. The third-order valence-corrected chi connectivity index (χ3v) is 2.98. The molecule has 0 bridgehead atoms. The Kier molecular flexibility index (Phi) is 3.16. The smallest absolute Gasteiger partial charge is 0.151 e. The molecule has 1 aliphatic heterocycles. The molecule has 1 fully saturated rings. The van der Waals surface area contributed by atoms with Crippen molar-refractivity contribution >= 4 is 5.82 Å². The van der Waals surface area contributed by atoms with E-state index in [4.69, 9.17) is 5.73 Å². The van der Waals surface area contributed by atoms with Crippen molar-refractivity contribution in [3.8, 4) is 0 Å². The van der Waals surface area contributed by atoms with Crippen LogP contribution in [0.1, 0.15) is 25.0 Å². The number of piperidine rings is 1. The number of hydrogen-bond acceptors (Lipinski definition) is 4. The summed E-state index contributed by atoms with van der Waals surface area (Å²) in [7, 11) is 0. The first-order valence-corrected chi connectivity index (χ1v) is 5.58. The second kappa shape index (κ2) is 4.57. The average molecular weight is 206 g/mol. The maximum Gasteiger partial charge on any atom is 0.151 e. The van der Waals surface area contributed by atoms with E-state index in [2.05, 4.69) is 15.1 Å². The summed E-state index contributed by atoms with van der Waals surface area (Å²) >= 11 is 0. The summed E-state index contributed by atoms with van der Waals surface area (Å²) in [4.78, 5) is 2.29. The highest BCUT2D eigenvalue weighted by molar-refractivity contribution is 5.39. The Hall–Kier alpha value is -1.16. The van der Waals surface area contributed by atoms with Gasteiger partial charge in [-0.25, -0.2) is 0 Å². The first-order chi connectivity index (χ1) is 7.31. The van der Waals surface area contributed by atoms with Gasteiger partial charge in [0.05, 0.1) is 5.69 Å². The molecular formula is C11H18N4. The standard InChI is InChI=1S/C11H18N4/c1-9-5-6-11(14-13-9)15-7-3-2-4-10(15)8-12/h5-6,10H,2-4,7-8,12H2,1H3. The Morgan fingerprint density at radius 2 is 2.27 bits per heavy atom. The molecule has 4 nitrogen and oxygen atoms in total. The number of aryl methyl sites for hydroxylation is 1. The van der Waals surface area contributed by atoms with Gasteiger partial charge in [-0.3, -0.25) is 0 Å². The van der Waals surface area contributed by atoms with Crippen LogP contribution in [0.2, 0.25) is 0 Å². The minimum absolute atomic E-state index is 0.441. The van der Waals surface area contributed by atoms with Gasteiger partial charge in [-0.05, 0) is 38.3 Å². The van der Waals surface area contributed by atoms with E-state index in [1.54, 1.807) is 0 Å². The van der Waals surface area contributed by atoms with E-state index in [9.17, 15) is 0 Å². The molecule has 0 radical (unpaired) electrons. The van der Waals surface area contributed by atoms with Crippen molar-refractivity contribution in [1.29, 1.82) is 0 Å². The third kappa shape index (κ3) is 2.26. The predicted molar refractivity (Wildman–Crippen MR) is 60.8 cm³/mol. The zero-order valence-electron chi connectivity index (χ0n) is 9.19. The molecule has 4 heteroatoms. The van der Waals surface area contributed by atoms with Gasteiger partial charge in [0.15, 0.2) is 5.82 Å². The summed E-state index contributed by atoms with van der Waals surface area (Å²) in [6, 6.07) is 4.48. The van der Waals surface area contributed by atoms with Gasteiger partial charge in [0, 0.05) is 19.1 Å². The van der Waals surface area contributed by atoms with Crippen LogP contribution in [0.4, 0.5) is 5.82 Å². The summed E-state index contributed by atoms with van der Waals surface area (Å²) in [5, 5.41) is 8.31. The summed E-state index contributed by atoms with van der Waals surface area (Å²) < 4.78 is 0.